The van der Waals surface area contributed by atoms with Crippen LogP contribution in [-0.2, 0) is 10.8 Å². The van der Waals surface area contributed by atoms with Crippen LogP contribution in [0.4, 0.5) is 0 Å². The Hall–Kier alpha value is -2.14. The van der Waals surface area contributed by atoms with E-state index in [1.165, 1.54) is 64.2 Å². The quantitative estimate of drug-likeness (QED) is 0.287. The van der Waals surface area contributed by atoms with Gasteiger partial charge in [0.25, 0.3) is 0 Å². The van der Waals surface area contributed by atoms with Crippen LogP contribution in [0.2, 0.25) is 0 Å². The Labute approximate surface area is 295 Å². The first kappa shape index (κ1) is 35.3. The van der Waals surface area contributed by atoms with Crippen molar-refractivity contribution in [2.24, 2.45) is 35.5 Å². The number of methoxy groups -OCH3 is 2. The zero-order chi connectivity index (χ0) is 34.7. The normalized spacial score (nSPS) is 30.9. The van der Waals surface area contributed by atoms with Crippen molar-refractivity contribution >= 4 is 30.2 Å². The highest BCUT2D eigenvalue weighted by molar-refractivity contribution is 7.31. The average molecular weight is 693 g/mol. The summed E-state index contributed by atoms with van der Waals surface area (Å²) in [5.41, 5.74) is 3.30. The van der Waals surface area contributed by atoms with E-state index in [9.17, 15) is 5.11 Å². The third-order valence-electron chi connectivity index (χ3n) is 13.0. The Morgan fingerprint density at radius 3 is 1.57 bits per heavy atom. The third kappa shape index (κ3) is 6.81. The van der Waals surface area contributed by atoms with E-state index in [1.54, 1.807) is 14.2 Å². The molecule has 8 atom stereocenters. The molecule has 2 aromatic carbocycles. The maximum Gasteiger partial charge on any atom is 0.387 e. The van der Waals surface area contributed by atoms with Gasteiger partial charge in [0.15, 0.2) is 0 Å². The Balaban J connectivity index is 1.44. The number of ether oxygens (including phenoxy) is 2. The molecule has 270 valence electrons. The first-order chi connectivity index (χ1) is 23.4. The highest BCUT2D eigenvalue weighted by Gasteiger charge is 2.52. The van der Waals surface area contributed by atoms with Gasteiger partial charge in [-0.15, -0.1) is 0 Å². The van der Waals surface area contributed by atoms with Crippen LogP contribution in [-0.4, -0.2) is 31.5 Å². The lowest BCUT2D eigenvalue weighted by atomic mass is 9.53. The van der Waals surface area contributed by atoms with E-state index in [1.807, 2.05) is 0 Å². The minimum atomic E-state index is -1.82. The largest absolute Gasteiger partial charge is 0.497 e. The lowest BCUT2D eigenvalue weighted by molar-refractivity contribution is -0.110. The van der Waals surface area contributed by atoms with Gasteiger partial charge in [0, 0.05) is 21.9 Å². The van der Waals surface area contributed by atoms with Crippen molar-refractivity contribution in [3.05, 3.63) is 35.4 Å². The predicted molar refractivity (Wildman–Crippen MR) is 200 cm³/mol. The molecule has 1 aromatic heterocycles. The van der Waals surface area contributed by atoms with Crippen molar-refractivity contribution in [3.8, 4) is 11.5 Å². The summed E-state index contributed by atoms with van der Waals surface area (Å²) in [6.07, 6.45) is 14.5. The SMILES string of the molecule is COc1cc(C(C)(C)C)c2op(OC3CCC4CCCCC4[C@@H]3[C@H]3C(O)CCC4CCCCC43)oc3c(C(C)(C)C)cc(OC)cc3c2c1. The Morgan fingerprint density at radius 1 is 0.612 bits per heavy atom. The van der Waals surface area contributed by atoms with Crippen molar-refractivity contribution in [2.45, 2.75) is 142 Å². The minimum absolute atomic E-state index is 0.0107. The van der Waals surface area contributed by atoms with Gasteiger partial charge in [0.05, 0.1) is 26.4 Å². The fourth-order valence-corrected chi connectivity index (χ4v) is 11.9. The lowest BCUT2D eigenvalue weighted by Gasteiger charge is -2.54. The van der Waals surface area contributed by atoms with Crippen LogP contribution in [0.15, 0.2) is 32.7 Å². The summed E-state index contributed by atoms with van der Waals surface area (Å²) in [6.45, 7) is 13.3. The number of hydrogen-bond acceptors (Lipinski definition) is 6. The second-order valence-electron chi connectivity index (χ2n) is 17.9. The van der Waals surface area contributed by atoms with Crippen LogP contribution in [0.1, 0.15) is 130 Å². The molecular formula is C42H61O6P. The predicted octanol–water partition coefficient (Wildman–Crippen LogP) is 11.5. The summed E-state index contributed by atoms with van der Waals surface area (Å²) in [7, 11) is 1.63. The number of rotatable bonds is 5. The van der Waals surface area contributed by atoms with E-state index in [-0.39, 0.29) is 23.0 Å². The van der Waals surface area contributed by atoms with E-state index in [2.05, 4.69) is 65.8 Å². The first-order valence-corrected chi connectivity index (χ1v) is 20.4. The standard InChI is InChI=1S/C42H61O6P/c1-41(2,3)33-23-27(44-7)21-31-32-22-28(45-8)24-34(42(4,5)6)40(32)48-49(47-39(31)33)46-36-20-18-26-14-10-12-16-30(26)38(36)37-29-15-11-9-13-25(29)17-19-35(37)43/h21-26,29-30,35-38,43H,9-20H2,1-8H3/t25?,26?,29?,30?,35?,36?,37-,38+/m1/s1. The van der Waals surface area contributed by atoms with Gasteiger partial charge < -0.3 is 23.0 Å². The van der Waals surface area contributed by atoms with Crippen LogP contribution in [0.3, 0.4) is 0 Å². The molecule has 0 aliphatic heterocycles. The molecule has 0 radical (unpaired) electrons. The van der Waals surface area contributed by atoms with Gasteiger partial charge in [0.1, 0.15) is 22.7 Å². The van der Waals surface area contributed by atoms with E-state index in [4.69, 9.17) is 22.4 Å². The molecular weight excluding hydrogens is 631 g/mol. The summed E-state index contributed by atoms with van der Waals surface area (Å²) in [6, 6.07) is 8.38. The van der Waals surface area contributed by atoms with Crippen LogP contribution in [0, 0.1) is 35.5 Å². The number of aliphatic hydroxyl groups is 1. The molecule has 6 unspecified atom stereocenters. The van der Waals surface area contributed by atoms with Gasteiger partial charge in [-0.25, -0.2) is 0 Å². The van der Waals surface area contributed by atoms with E-state index in [0.717, 1.165) is 69.2 Å². The second-order valence-corrected chi connectivity index (χ2v) is 19.0. The molecule has 7 heteroatoms. The Kier molecular flexibility index (Phi) is 9.91. The fourth-order valence-electron chi connectivity index (χ4n) is 10.6. The van der Waals surface area contributed by atoms with Crippen LogP contribution < -0.4 is 14.0 Å². The number of fused-ring (bicyclic) bond motifs is 5. The molecule has 3 aromatic rings. The molecule has 0 spiro atoms. The monoisotopic (exact) mass is 692 g/mol. The third-order valence-corrected chi connectivity index (χ3v) is 14.1. The topological polar surface area (TPSA) is 74.2 Å². The molecule has 6 nitrogen and oxygen atoms in total. The molecule has 4 fully saturated rings. The summed E-state index contributed by atoms with van der Waals surface area (Å²) >= 11 is 0. The van der Waals surface area contributed by atoms with E-state index in [0.29, 0.717) is 23.7 Å². The van der Waals surface area contributed by atoms with Crippen molar-refractivity contribution in [2.75, 3.05) is 14.2 Å². The molecule has 0 bridgehead atoms. The van der Waals surface area contributed by atoms with E-state index >= 15 is 0 Å². The smallest absolute Gasteiger partial charge is 0.387 e. The van der Waals surface area contributed by atoms with E-state index < -0.39 is 8.24 Å². The molecule has 0 amide bonds. The summed E-state index contributed by atoms with van der Waals surface area (Å²) in [5, 5.41) is 13.8. The van der Waals surface area contributed by atoms with Crippen molar-refractivity contribution < 1.29 is 27.5 Å². The van der Waals surface area contributed by atoms with Gasteiger partial charge in [0.2, 0.25) is 0 Å². The summed E-state index contributed by atoms with van der Waals surface area (Å²) in [5.74, 6) is 4.87. The summed E-state index contributed by atoms with van der Waals surface area (Å²) < 4.78 is 33.3. The molecule has 7 rings (SSSR count). The minimum Gasteiger partial charge on any atom is -0.497 e. The number of benzene rings is 2. The number of hydrogen-bond donors (Lipinski definition) is 1. The van der Waals surface area contributed by atoms with Crippen LogP contribution >= 0.6 is 8.24 Å². The van der Waals surface area contributed by atoms with Gasteiger partial charge in [-0.3, -0.25) is 4.52 Å². The summed E-state index contributed by atoms with van der Waals surface area (Å²) in [4.78, 5) is 0. The Bertz CT molecular complexity index is 1600. The molecule has 4 aliphatic carbocycles. The first-order valence-electron chi connectivity index (χ1n) is 19.3. The molecule has 4 aliphatic rings. The molecule has 0 saturated heterocycles. The zero-order valence-corrected chi connectivity index (χ0v) is 32.2. The lowest BCUT2D eigenvalue weighted by Crippen LogP contribution is -2.53. The second kappa shape index (κ2) is 13.8. The average Bonchev–Trinajstić information content (AvgIpc) is 3.22. The maximum absolute atomic E-state index is 11.9. The van der Waals surface area contributed by atoms with Gasteiger partial charge in [-0.2, -0.15) is 0 Å². The highest BCUT2D eigenvalue weighted by atomic mass is 31.1. The molecule has 1 heterocycles. The van der Waals surface area contributed by atoms with Gasteiger partial charge in [-0.1, -0.05) is 80.1 Å². The molecule has 1 N–H and O–H groups in total. The van der Waals surface area contributed by atoms with Crippen molar-refractivity contribution in [1.82, 2.24) is 0 Å². The molecule has 4 saturated carbocycles. The highest BCUT2D eigenvalue weighted by Crippen LogP contribution is 2.56. The zero-order valence-electron chi connectivity index (χ0n) is 31.3. The van der Waals surface area contributed by atoms with Crippen LogP contribution in [0.25, 0.3) is 21.9 Å². The van der Waals surface area contributed by atoms with Gasteiger partial charge in [-0.05, 0) is 109 Å². The van der Waals surface area contributed by atoms with Crippen molar-refractivity contribution in [1.29, 1.82) is 0 Å². The maximum atomic E-state index is 11.9. The number of aliphatic hydroxyl groups excluding tert-OH is 1. The van der Waals surface area contributed by atoms with Crippen LogP contribution in [0.5, 0.6) is 11.5 Å². The Morgan fingerprint density at radius 2 is 1.08 bits per heavy atom. The van der Waals surface area contributed by atoms with Gasteiger partial charge >= 0.3 is 8.24 Å². The van der Waals surface area contributed by atoms with Crippen molar-refractivity contribution in [3.63, 3.8) is 0 Å². The molecule has 49 heavy (non-hydrogen) atoms. The fraction of sp³-hybridized carbons (Fsp3) is 0.714.